The molecule has 1 aromatic carbocycles. The number of aromatic nitrogens is 1. The number of carbonyl (C=O) groups excluding carboxylic acids is 2. The fourth-order valence-corrected chi connectivity index (χ4v) is 3.58. The van der Waals surface area contributed by atoms with Crippen molar-refractivity contribution in [3.63, 3.8) is 0 Å². The molecule has 1 aliphatic rings. The summed E-state index contributed by atoms with van der Waals surface area (Å²) in [5, 5.41) is 3.11. The van der Waals surface area contributed by atoms with Crippen LogP contribution in [0.4, 0.5) is 14.9 Å². The number of urea groups is 1. The number of nitrogens with zero attached hydrogens (tertiary/aromatic N) is 3. The second-order valence-corrected chi connectivity index (χ2v) is 7.25. The van der Waals surface area contributed by atoms with Crippen molar-refractivity contribution in [3.05, 3.63) is 47.4 Å². The Hall–Kier alpha value is -2.67. The van der Waals surface area contributed by atoms with E-state index in [1.807, 2.05) is 0 Å². The lowest BCUT2D eigenvalue weighted by Gasteiger charge is -2.36. The van der Waals surface area contributed by atoms with Gasteiger partial charge in [-0.3, -0.25) is 9.78 Å². The van der Waals surface area contributed by atoms with Crippen LogP contribution in [0.15, 0.2) is 36.5 Å². The molecule has 0 atom stereocenters. The number of hydrogen-bond acceptors (Lipinski definition) is 3. The highest BCUT2D eigenvalue weighted by atomic mass is 35.5. The maximum absolute atomic E-state index is 13.4. The monoisotopic (exact) mass is 404 g/mol. The summed E-state index contributed by atoms with van der Waals surface area (Å²) in [7, 11) is 1.74. The third kappa shape index (κ3) is 4.59. The van der Waals surface area contributed by atoms with Crippen LogP contribution in [-0.2, 0) is 4.79 Å². The summed E-state index contributed by atoms with van der Waals surface area (Å²) in [6, 6.07) is 7.40. The van der Waals surface area contributed by atoms with Gasteiger partial charge >= 0.3 is 6.03 Å². The van der Waals surface area contributed by atoms with Crippen molar-refractivity contribution in [2.45, 2.75) is 25.8 Å². The van der Waals surface area contributed by atoms with Crippen LogP contribution in [0.3, 0.4) is 0 Å². The average molecular weight is 405 g/mol. The predicted octanol–water partition coefficient (Wildman–Crippen LogP) is 4.02. The smallest absolute Gasteiger partial charge is 0.321 e. The Morgan fingerprint density at radius 1 is 1.29 bits per heavy atom. The van der Waals surface area contributed by atoms with E-state index in [0.29, 0.717) is 35.1 Å². The van der Waals surface area contributed by atoms with E-state index in [-0.39, 0.29) is 23.8 Å². The van der Waals surface area contributed by atoms with Crippen molar-refractivity contribution in [1.82, 2.24) is 14.8 Å². The summed E-state index contributed by atoms with van der Waals surface area (Å²) in [4.78, 5) is 31.7. The Morgan fingerprint density at radius 2 is 2.00 bits per heavy atom. The highest BCUT2D eigenvalue weighted by molar-refractivity contribution is 6.33. The number of carbonyl (C=O) groups is 2. The van der Waals surface area contributed by atoms with Gasteiger partial charge in [0.25, 0.3) is 0 Å². The van der Waals surface area contributed by atoms with Crippen LogP contribution in [0.2, 0.25) is 5.02 Å². The molecule has 3 rings (SSSR count). The lowest BCUT2D eigenvalue weighted by molar-refractivity contribution is -0.130. The van der Waals surface area contributed by atoms with E-state index in [1.54, 1.807) is 42.0 Å². The summed E-state index contributed by atoms with van der Waals surface area (Å²) in [5.74, 6) is -0.310. The Balaban J connectivity index is 1.64. The molecule has 0 bridgehead atoms. The summed E-state index contributed by atoms with van der Waals surface area (Å²) >= 11 is 6.29. The van der Waals surface area contributed by atoms with Crippen LogP contribution in [-0.4, -0.2) is 52.9 Å². The zero-order valence-electron chi connectivity index (χ0n) is 15.8. The van der Waals surface area contributed by atoms with Crippen LogP contribution in [0.5, 0.6) is 0 Å². The molecule has 0 saturated carbocycles. The van der Waals surface area contributed by atoms with Gasteiger partial charge in [0.05, 0.1) is 22.6 Å². The van der Waals surface area contributed by atoms with Gasteiger partial charge in [0.2, 0.25) is 5.91 Å². The lowest BCUT2D eigenvalue weighted by atomic mass is 10.0. The first-order chi connectivity index (χ1) is 13.3. The van der Waals surface area contributed by atoms with Gasteiger partial charge in [-0.15, -0.1) is 0 Å². The standard InChI is InChI=1S/C20H22ClFN4O2/c1-13(27)26-8-6-17(7-9-26)25(2)20(28)24-16-11-18(21)19(23-12-16)14-4-3-5-15(22)10-14/h3-5,10-12,17H,6-9H2,1-2H3,(H,24,28). The van der Waals surface area contributed by atoms with Gasteiger partial charge in [-0.2, -0.15) is 0 Å². The molecule has 1 aromatic heterocycles. The fraction of sp³-hybridized carbons (Fsp3) is 0.350. The van der Waals surface area contributed by atoms with E-state index >= 15 is 0 Å². The van der Waals surface area contributed by atoms with Crippen LogP contribution in [0.25, 0.3) is 11.3 Å². The van der Waals surface area contributed by atoms with Crippen molar-refractivity contribution >= 4 is 29.2 Å². The molecule has 0 aliphatic carbocycles. The van der Waals surface area contributed by atoms with Crippen molar-refractivity contribution in [3.8, 4) is 11.3 Å². The molecular weight excluding hydrogens is 383 g/mol. The van der Waals surface area contributed by atoms with E-state index in [2.05, 4.69) is 10.3 Å². The molecule has 28 heavy (non-hydrogen) atoms. The lowest BCUT2D eigenvalue weighted by Crippen LogP contribution is -2.47. The van der Waals surface area contributed by atoms with E-state index in [9.17, 15) is 14.0 Å². The fourth-order valence-electron chi connectivity index (χ4n) is 3.30. The zero-order valence-corrected chi connectivity index (χ0v) is 16.5. The molecule has 8 heteroatoms. The number of benzene rings is 1. The highest BCUT2D eigenvalue weighted by Crippen LogP contribution is 2.28. The molecule has 1 aliphatic heterocycles. The topological polar surface area (TPSA) is 65.5 Å². The van der Waals surface area contributed by atoms with E-state index in [0.717, 1.165) is 12.8 Å². The molecule has 6 nitrogen and oxygen atoms in total. The minimum absolute atomic E-state index is 0.0599. The van der Waals surface area contributed by atoms with E-state index < -0.39 is 0 Å². The molecule has 0 unspecified atom stereocenters. The SMILES string of the molecule is CC(=O)N1CCC(N(C)C(=O)Nc2cnc(-c3cccc(F)c3)c(Cl)c2)CC1. The quantitative estimate of drug-likeness (QED) is 0.840. The molecule has 1 fully saturated rings. The number of hydrogen-bond donors (Lipinski definition) is 1. The Morgan fingerprint density at radius 3 is 2.61 bits per heavy atom. The van der Waals surface area contributed by atoms with Crippen LogP contribution >= 0.6 is 11.6 Å². The molecule has 1 N–H and O–H groups in total. The Labute approximate surface area is 168 Å². The van der Waals surface area contributed by atoms with Gasteiger partial charge in [0, 0.05) is 38.7 Å². The molecule has 2 heterocycles. The third-order valence-electron chi connectivity index (χ3n) is 4.97. The normalized spacial score (nSPS) is 14.6. The third-order valence-corrected chi connectivity index (χ3v) is 5.26. The second kappa shape index (κ2) is 8.56. The number of piperidine rings is 1. The summed E-state index contributed by atoms with van der Waals surface area (Å²) in [6.45, 7) is 2.85. The number of pyridine rings is 1. The zero-order chi connectivity index (χ0) is 20.3. The van der Waals surface area contributed by atoms with E-state index in [4.69, 9.17) is 11.6 Å². The molecule has 2 aromatic rings. The molecular formula is C20H22ClFN4O2. The first-order valence-corrected chi connectivity index (χ1v) is 9.43. The predicted molar refractivity (Wildman–Crippen MR) is 107 cm³/mol. The van der Waals surface area contributed by atoms with Crippen LogP contribution in [0.1, 0.15) is 19.8 Å². The first kappa shape index (κ1) is 20.1. The molecule has 0 radical (unpaired) electrons. The number of anilines is 1. The molecule has 1 saturated heterocycles. The maximum atomic E-state index is 13.4. The Bertz CT molecular complexity index is 884. The van der Waals surface area contributed by atoms with Gasteiger partial charge in [0.1, 0.15) is 5.82 Å². The number of amides is 3. The summed E-state index contributed by atoms with van der Waals surface area (Å²) in [5.41, 5.74) is 1.48. The molecule has 0 spiro atoms. The minimum atomic E-state index is -0.370. The van der Waals surface area contributed by atoms with Gasteiger partial charge in [-0.1, -0.05) is 23.7 Å². The van der Waals surface area contributed by atoms with Gasteiger partial charge in [0.15, 0.2) is 0 Å². The first-order valence-electron chi connectivity index (χ1n) is 9.06. The molecule has 3 amide bonds. The number of likely N-dealkylation sites (tertiary alicyclic amines) is 1. The van der Waals surface area contributed by atoms with Crippen LogP contribution < -0.4 is 5.32 Å². The second-order valence-electron chi connectivity index (χ2n) is 6.84. The average Bonchev–Trinajstić information content (AvgIpc) is 2.67. The van der Waals surface area contributed by atoms with Gasteiger partial charge < -0.3 is 15.1 Å². The van der Waals surface area contributed by atoms with Gasteiger partial charge in [-0.25, -0.2) is 9.18 Å². The van der Waals surface area contributed by atoms with Crippen LogP contribution in [0, 0.1) is 5.82 Å². The van der Waals surface area contributed by atoms with Crippen molar-refractivity contribution in [2.75, 3.05) is 25.5 Å². The minimum Gasteiger partial charge on any atom is -0.343 e. The van der Waals surface area contributed by atoms with Gasteiger partial charge in [-0.05, 0) is 31.0 Å². The van der Waals surface area contributed by atoms with E-state index in [1.165, 1.54) is 18.3 Å². The number of rotatable bonds is 3. The summed E-state index contributed by atoms with van der Waals surface area (Å²) < 4.78 is 13.4. The number of halogens is 2. The van der Waals surface area contributed by atoms with Crippen molar-refractivity contribution < 1.29 is 14.0 Å². The number of nitrogens with one attached hydrogen (secondary N) is 1. The Kier molecular flexibility index (Phi) is 6.14. The summed E-state index contributed by atoms with van der Waals surface area (Å²) in [6.07, 6.45) is 2.97. The van der Waals surface area contributed by atoms with Crippen molar-refractivity contribution in [2.24, 2.45) is 0 Å². The maximum Gasteiger partial charge on any atom is 0.321 e. The molecule has 148 valence electrons. The highest BCUT2D eigenvalue weighted by Gasteiger charge is 2.26. The van der Waals surface area contributed by atoms with Crippen molar-refractivity contribution in [1.29, 1.82) is 0 Å². The largest absolute Gasteiger partial charge is 0.343 e.